The summed E-state index contributed by atoms with van der Waals surface area (Å²) in [5.41, 5.74) is 4.30. The summed E-state index contributed by atoms with van der Waals surface area (Å²) in [6.07, 6.45) is 5.25. The van der Waals surface area contributed by atoms with Crippen LogP contribution in [0.5, 0.6) is 5.75 Å². The normalized spacial score (nSPS) is 14.6. The molecule has 1 amide bonds. The largest absolute Gasteiger partial charge is 0.497 e. The number of ether oxygens (including phenoxy) is 1. The van der Waals surface area contributed by atoms with Gasteiger partial charge >= 0.3 is 0 Å². The third kappa shape index (κ3) is 7.86. The van der Waals surface area contributed by atoms with Crippen LogP contribution in [0.4, 0.5) is 0 Å². The molecular weight excluding hydrogens is 386 g/mol. The standard InChI is InChI=1S/C27H39NO3/c1-10-18(2)22(15-21-12-11-13-24(16-21)31-9)17-23(14-19(3)26(30)28-8)25(29)20(4)27(5,6)7/h11-14,16-17,20H,10,15H2,1-9H3,(H,28,30)/b19-14+,22-18+,23-17+. The van der Waals surface area contributed by atoms with Gasteiger partial charge in [-0.3, -0.25) is 9.59 Å². The second kappa shape index (κ2) is 11.7. The number of hydrogen-bond acceptors (Lipinski definition) is 3. The third-order valence-electron chi connectivity index (χ3n) is 5.87. The van der Waals surface area contributed by atoms with Gasteiger partial charge in [0.25, 0.3) is 0 Å². The van der Waals surface area contributed by atoms with Crippen LogP contribution < -0.4 is 10.1 Å². The minimum absolute atomic E-state index is 0.0443. The summed E-state index contributed by atoms with van der Waals surface area (Å²) in [5, 5.41) is 2.64. The number of benzene rings is 1. The Hall–Kier alpha value is -2.62. The molecule has 0 bridgehead atoms. The fourth-order valence-corrected chi connectivity index (χ4v) is 3.07. The number of carbonyl (C=O) groups excluding carboxylic acids is 2. The Morgan fingerprint density at radius 3 is 2.32 bits per heavy atom. The molecule has 4 heteroatoms. The molecule has 170 valence electrons. The third-order valence-corrected chi connectivity index (χ3v) is 5.87. The van der Waals surface area contributed by atoms with Crippen molar-refractivity contribution in [3.8, 4) is 5.75 Å². The number of methoxy groups -OCH3 is 1. The van der Waals surface area contributed by atoms with Gasteiger partial charge in [0.15, 0.2) is 5.78 Å². The minimum Gasteiger partial charge on any atom is -0.497 e. The van der Waals surface area contributed by atoms with Crippen LogP contribution in [0.25, 0.3) is 0 Å². The summed E-state index contributed by atoms with van der Waals surface area (Å²) in [6, 6.07) is 7.97. The average Bonchev–Trinajstić information content (AvgIpc) is 2.75. The highest BCUT2D eigenvalue weighted by Gasteiger charge is 2.28. The number of rotatable bonds is 9. The zero-order valence-corrected chi connectivity index (χ0v) is 20.7. The Morgan fingerprint density at radius 1 is 1.16 bits per heavy atom. The van der Waals surface area contributed by atoms with E-state index in [0.717, 1.165) is 23.3 Å². The van der Waals surface area contributed by atoms with E-state index in [1.54, 1.807) is 27.2 Å². The summed E-state index contributed by atoms with van der Waals surface area (Å²) >= 11 is 0. The monoisotopic (exact) mass is 425 g/mol. The lowest BCUT2D eigenvalue weighted by atomic mass is 9.77. The number of carbonyl (C=O) groups is 2. The van der Waals surface area contributed by atoms with Gasteiger partial charge in [0.1, 0.15) is 5.75 Å². The molecule has 0 saturated heterocycles. The highest BCUT2D eigenvalue weighted by molar-refractivity contribution is 6.03. The first kappa shape index (κ1) is 26.4. The lowest BCUT2D eigenvalue weighted by molar-refractivity contribution is -0.121. The second-order valence-electron chi connectivity index (χ2n) is 9.15. The fraction of sp³-hybridized carbons (Fsp3) is 0.481. The lowest BCUT2D eigenvalue weighted by Crippen LogP contribution is -2.27. The van der Waals surface area contributed by atoms with E-state index in [4.69, 9.17) is 4.74 Å². The maximum atomic E-state index is 13.4. The predicted molar refractivity (Wildman–Crippen MR) is 129 cm³/mol. The molecule has 1 aromatic carbocycles. The van der Waals surface area contributed by atoms with Crippen LogP contribution in [0.1, 0.15) is 60.5 Å². The van der Waals surface area contributed by atoms with Crippen LogP contribution in [0, 0.1) is 11.3 Å². The predicted octanol–water partition coefficient (Wildman–Crippen LogP) is 5.83. The first-order valence-corrected chi connectivity index (χ1v) is 10.9. The number of Topliss-reactive ketones (excluding diaryl/α,β-unsaturated/α-hetero) is 1. The van der Waals surface area contributed by atoms with E-state index in [-0.39, 0.29) is 23.0 Å². The van der Waals surface area contributed by atoms with Crippen molar-refractivity contribution in [1.29, 1.82) is 0 Å². The van der Waals surface area contributed by atoms with E-state index in [1.807, 2.05) is 31.2 Å². The van der Waals surface area contributed by atoms with Crippen LogP contribution in [0.2, 0.25) is 0 Å². The number of amides is 1. The summed E-state index contributed by atoms with van der Waals surface area (Å²) in [4.78, 5) is 25.6. The average molecular weight is 426 g/mol. The zero-order chi connectivity index (χ0) is 23.8. The van der Waals surface area contributed by atoms with Gasteiger partial charge in [-0.1, -0.05) is 52.3 Å². The molecule has 31 heavy (non-hydrogen) atoms. The van der Waals surface area contributed by atoms with Crippen molar-refractivity contribution in [3.05, 3.63) is 64.3 Å². The van der Waals surface area contributed by atoms with E-state index in [1.165, 1.54) is 5.57 Å². The SMILES string of the molecule is CC/C(C)=C(/C=C(\C=C(/C)C(=O)NC)C(=O)C(C)C(C)(C)C)Cc1cccc(OC)c1. The number of hydrogen-bond donors (Lipinski definition) is 1. The lowest BCUT2D eigenvalue weighted by Gasteiger charge is -2.26. The van der Waals surface area contributed by atoms with Crippen molar-refractivity contribution < 1.29 is 14.3 Å². The molecule has 0 aliphatic rings. The molecule has 1 N–H and O–H groups in total. The van der Waals surface area contributed by atoms with Gasteiger partial charge in [-0.05, 0) is 67.5 Å². The molecule has 0 heterocycles. The molecule has 1 rings (SSSR count). The molecule has 0 fully saturated rings. The molecule has 4 nitrogen and oxygen atoms in total. The smallest absolute Gasteiger partial charge is 0.246 e. The molecule has 1 unspecified atom stereocenters. The van der Waals surface area contributed by atoms with Crippen molar-refractivity contribution in [3.63, 3.8) is 0 Å². The maximum absolute atomic E-state index is 13.4. The van der Waals surface area contributed by atoms with E-state index in [9.17, 15) is 9.59 Å². The number of ketones is 1. The number of likely N-dealkylation sites (N-methyl/N-ethyl adjacent to an activating group) is 1. The Balaban J connectivity index is 3.56. The highest BCUT2D eigenvalue weighted by Crippen LogP contribution is 2.30. The molecule has 0 aromatic heterocycles. The van der Waals surface area contributed by atoms with Crippen LogP contribution >= 0.6 is 0 Å². The molecule has 0 aliphatic heterocycles. The van der Waals surface area contributed by atoms with Crippen molar-refractivity contribution in [2.45, 2.75) is 61.3 Å². The van der Waals surface area contributed by atoms with Gasteiger partial charge in [0.05, 0.1) is 7.11 Å². The van der Waals surface area contributed by atoms with Gasteiger partial charge in [0.2, 0.25) is 5.91 Å². The Kier molecular flexibility index (Phi) is 9.96. The topological polar surface area (TPSA) is 55.4 Å². The molecule has 1 atom stereocenters. The van der Waals surface area contributed by atoms with Crippen molar-refractivity contribution >= 4 is 11.7 Å². The summed E-state index contributed by atoms with van der Waals surface area (Å²) in [7, 11) is 3.25. The van der Waals surface area contributed by atoms with Crippen molar-refractivity contribution in [2.24, 2.45) is 11.3 Å². The van der Waals surface area contributed by atoms with Crippen molar-refractivity contribution in [2.75, 3.05) is 14.2 Å². The molecule has 0 radical (unpaired) electrons. The first-order valence-electron chi connectivity index (χ1n) is 10.9. The Labute approximate surface area is 188 Å². The molecule has 0 aliphatic carbocycles. The van der Waals surface area contributed by atoms with E-state index in [0.29, 0.717) is 17.6 Å². The van der Waals surface area contributed by atoms with Crippen LogP contribution in [0.3, 0.4) is 0 Å². The number of allylic oxidation sites excluding steroid dienone is 5. The van der Waals surface area contributed by atoms with Gasteiger partial charge in [-0.15, -0.1) is 0 Å². The van der Waals surface area contributed by atoms with Gasteiger partial charge in [-0.25, -0.2) is 0 Å². The highest BCUT2D eigenvalue weighted by atomic mass is 16.5. The van der Waals surface area contributed by atoms with E-state index >= 15 is 0 Å². The summed E-state index contributed by atoms with van der Waals surface area (Å²) < 4.78 is 5.36. The van der Waals surface area contributed by atoms with Crippen LogP contribution in [-0.4, -0.2) is 25.8 Å². The molecule has 0 spiro atoms. The first-order chi connectivity index (χ1) is 14.4. The number of nitrogens with one attached hydrogen (secondary N) is 1. The zero-order valence-electron chi connectivity index (χ0n) is 20.7. The molecule has 1 aromatic rings. The fourth-order valence-electron chi connectivity index (χ4n) is 3.07. The summed E-state index contributed by atoms with van der Waals surface area (Å²) in [6.45, 7) is 14.1. The van der Waals surface area contributed by atoms with Crippen LogP contribution in [-0.2, 0) is 16.0 Å². The second-order valence-corrected chi connectivity index (χ2v) is 9.15. The summed E-state index contributed by atoms with van der Waals surface area (Å²) in [5.74, 6) is 0.478. The maximum Gasteiger partial charge on any atom is 0.246 e. The van der Waals surface area contributed by atoms with Gasteiger partial charge < -0.3 is 10.1 Å². The Morgan fingerprint density at radius 2 is 1.81 bits per heavy atom. The molecular formula is C27H39NO3. The van der Waals surface area contributed by atoms with Gasteiger partial charge in [-0.2, -0.15) is 0 Å². The van der Waals surface area contributed by atoms with Crippen molar-refractivity contribution in [1.82, 2.24) is 5.32 Å². The minimum atomic E-state index is -0.188. The van der Waals surface area contributed by atoms with Gasteiger partial charge in [0, 0.05) is 24.1 Å². The van der Waals surface area contributed by atoms with E-state index < -0.39 is 0 Å². The molecule has 0 saturated carbocycles. The quantitative estimate of drug-likeness (QED) is 0.400. The van der Waals surface area contributed by atoms with E-state index in [2.05, 4.69) is 46.0 Å². The van der Waals surface area contributed by atoms with Crippen LogP contribution in [0.15, 0.2) is 58.7 Å². The Bertz CT molecular complexity index is 882.